The Hall–Kier alpha value is -3.86. The van der Waals surface area contributed by atoms with Crippen LogP contribution >= 0.6 is 0 Å². The van der Waals surface area contributed by atoms with Crippen LogP contribution in [0.5, 0.6) is 0 Å². The van der Waals surface area contributed by atoms with Crippen molar-refractivity contribution in [1.82, 2.24) is 9.47 Å². The molecule has 7 nitrogen and oxygen atoms in total. The lowest BCUT2D eigenvalue weighted by Gasteiger charge is -2.17. The highest BCUT2D eigenvalue weighted by Crippen LogP contribution is 2.26. The minimum absolute atomic E-state index is 0.0239. The predicted octanol–water partition coefficient (Wildman–Crippen LogP) is 3.20. The van der Waals surface area contributed by atoms with Gasteiger partial charge in [-0.3, -0.25) is 9.36 Å². The first-order valence-electron chi connectivity index (χ1n) is 8.73. The summed E-state index contributed by atoms with van der Waals surface area (Å²) >= 11 is 0. The molecule has 0 spiro atoms. The number of hydrogen-bond acceptors (Lipinski definition) is 5. The average molecular weight is 395 g/mol. The maximum atomic E-state index is 13.7. The van der Waals surface area contributed by atoms with Crippen molar-refractivity contribution in [1.29, 1.82) is 5.26 Å². The van der Waals surface area contributed by atoms with Crippen LogP contribution in [0, 0.1) is 24.1 Å². The lowest BCUT2D eigenvalue weighted by atomic mass is 10.1. The third-order valence-corrected chi connectivity index (χ3v) is 4.34. The minimum Gasteiger partial charge on any atom is -0.452 e. The molecule has 0 bridgehead atoms. The van der Waals surface area contributed by atoms with Gasteiger partial charge < -0.3 is 14.1 Å². The Morgan fingerprint density at radius 3 is 2.59 bits per heavy atom. The summed E-state index contributed by atoms with van der Waals surface area (Å²) < 4.78 is 25.9. The summed E-state index contributed by atoms with van der Waals surface area (Å²) in [4.78, 5) is 26.0. The van der Waals surface area contributed by atoms with E-state index in [-0.39, 0.29) is 29.3 Å². The number of ether oxygens (including phenoxy) is 1. The summed E-state index contributed by atoms with van der Waals surface area (Å²) in [5.74, 6) is -1.36. The molecule has 0 atom stereocenters. The number of rotatable bonds is 6. The molecule has 0 saturated heterocycles. The number of halogens is 1. The molecule has 0 fully saturated rings. The Labute approximate surface area is 166 Å². The fourth-order valence-electron chi connectivity index (χ4n) is 2.81. The number of aryl methyl sites for hydroxylation is 1. The Bertz CT molecular complexity index is 1080. The smallest absolute Gasteiger partial charge is 0.343 e. The largest absolute Gasteiger partial charge is 0.452 e. The molecule has 0 saturated carbocycles. The second kappa shape index (κ2) is 8.44. The average Bonchev–Trinajstić information content (AvgIpc) is 3.34. The summed E-state index contributed by atoms with van der Waals surface area (Å²) in [6.07, 6.45) is 3.35. The van der Waals surface area contributed by atoms with E-state index in [1.165, 1.54) is 24.9 Å². The van der Waals surface area contributed by atoms with Gasteiger partial charge in [-0.15, -0.1) is 0 Å². The number of aromatic nitrogens is 1. The van der Waals surface area contributed by atoms with Crippen molar-refractivity contribution >= 4 is 11.9 Å². The highest BCUT2D eigenvalue weighted by molar-refractivity contribution is 5.95. The van der Waals surface area contributed by atoms with E-state index < -0.39 is 24.3 Å². The zero-order chi connectivity index (χ0) is 21.0. The molecule has 0 unspecified atom stereocenters. The quantitative estimate of drug-likeness (QED) is 0.598. The summed E-state index contributed by atoms with van der Waals surface area (Å²) in [5, 5.41) is 9.47. The van der Waals surface area contributed by atoms with E-state index in [0.717, 1.165) is 0 Å². The van der Waals surface area contributed by atoms with E-state index in [2.05, 4.69) is 0 Å². The highest BCUT2D eigenvalue weighted by atomic mass is 19.1. The standard InChI is InChI=1S/C21H18FN3O4/c1-14-19(16(11-23)20(29-14)25-9-5-6-10-25)21(27)28-13-18(26)24(2)12-15-7-3-4-8-17(15)22/h3-10H,12-13H2,1-2H3. The number of nitrogens with zero attached hydrogens (tertiary/aromatic N) is 3. The molecule has 0 radical (unpaired) electrons. The van der Waals surface area contributed by atoms with Crippen LogP contribution in [0.15, 0.2) is 53.2 Å². The topological polar surface area (TPSA) is 88.5 Å². The van der Waals surface area contributed by atoms with Crippen LogP contribution in [-0.2, 0) is 16.1 Å². The van der Waals surface area contributed by atoms with Crippen molar-refractivity contribution in [2.45, 2.75) is 13.5 Å². The molecule has 8 heteroatoms. The monoisotopic (exact) mass is 395 g/mol. The molecular formula is C21H18FN3O4. The summed E-state index contributed by atoms with van der Waals surface area (Å²) in [6.45, 7) is 1.03. The van der Waals surface area contributed by atoms with E-state index in [9.17, 15) is 19.2 Å². The summed E-state index contributed by atoms with van der Waals surface area (Å²) in [5.41, 5.74) is 0.347. The van der Waals surface area contributed by atoms with Gasteiger partial charge in [0, 0.05) is 31.5 Å². The Kier molecular flexibility index (Phi) is 5.79. The van der Waals surface area contributed by atoms with Crippen molar-refractivity contribution in [3.8, 4) is 12.0 Å². The molecule has 148 valence electrons. The van der Waals surface area contributed by atoms with E-state index in [4.69, 9.17) is 9.15 Å². The van der Waals surface area contributed by atoms with Crippen LogP contribution < -0.4 is 0 Å². The van der Waals surface area contributed by atoms with E-state index in [0.29, 0.717) is 5.56 Å². The zero-order valence-electron chi connectivity index (χ0n) is 15.9. The number of nitriles is 1. The maximum absolute atomic E-state index is 13.7. The van der Waals surface area contributed by atoms with Gasteiger partial charge in [0.25, 0.3) is 5.91 Å². The predicted molar refractivity (Wildman–Crippen MR) is 101 cm³/mol. The maximum Gasteiger partial charge on any atom is 0.343 e. The number of furan rings is 1. The molecule has 0 aliphatic carbocycles. The summed E-state index contributed by atoms with van der Waals surface area (Å²) in [6, 6.07) is 11.6. The first-order chi connectivity index (χ1) is 13.9. The lowest BCUT2D eigenvalue weighted by Crippen LogP contribution is -2.31. The molecule has 29 heavy (non-hydrogen) atoms. The van der Waals surface area contributed by atoms with Gasteiger partial charge in [0.05, 0.1) is 0 Å². The fraction of sp³-hybridized carbons (Fsp3) is 0.190. The number of amides is 1. The van der Waals surface area contributed by atoms with Crippen molar-refractivity contribution in [2.75, 3.05) is 13.7 Å². The molecule has 2 heterocycles. The first-order valence-corrected chi connectivity index (χ1v) is 8.73. The van der Waals surface area contributed by atoms with Crippen LogP contribution in [0.4, 0.5) is 4.39 Å². The molecular weight excluding hydrogens is 377 g/mol. The number of benzene rings is 1. The van der Waals surface area contributed by atoms with Crippen molar-refractivity contribution in [3.05, 3.63) is 77.1 Å². The van der Waals surface area contributed by atoms with Crippen molar-refractivity contribution in [2.24, 2.45) is 0 Å². The van der Waals surface area contributed by atoms with Crippen LogP contribution in [0.1, 0.15) is 27.2 Å². The van der Waals surface area contributed by atoms with Crippen molar-refractivity contribution in [3.63, 3.8) is 0 Å². The minimum atomic E-state index is -0.839. The number of hydrogen-bond donors (Lipinski definition) is 0. The fourth-order valence-corrected chi connectivity index (χ4v) is 2.81. The molecule has 1 amide bonds. The van der Waals surface area contributed by atoms with Crippen molar-refractivity contribution < 1.29 is 23.1 Å². The molecule has 2 aromatic heterocycles. The van der Waals surface area contributed by atoms with E-state index in [1.54, 1.807) is 47.3 Å². The van der Waals surface area contributed by atoms with Gasteiger partial charge in [-0.2, -0.15) is 5.26 Å². The molecule has 3 rings (SSSR count). The van der Waals surface area contributed by atoms with E-state index >= 15 is 0 Å². The van der Waals surface area contributed by atoms with Crippen LogP contribution in [0.2, 0.25) is 0 Å². The Morgan fingerprint density at radius 1 is 1.24 bits per heavy atom. The van der Waals surface area contributed by atoms with Crippen LogP contribution in [0.25, 0.3) is 5.88 Å². The van der Waals surface area contributed by atoms with Crippen LogP contribution in [-0.4, -0.2) is 35.0 Å². The van der Waals surface area contributed by atoms with Crippen LogP contribution in [0.3, 0.4) is 0 Å². The number of likely N-dealkylation sites (N-methyl/N-ethyl adjacent to an activating group) is 1. The van der Waals surface area contributed by atoms with Gasteiger partial charge in [-0.1, -0.05) is 18.2 Å². The summed E-state index contributed by atoms with van der Waals surface area (Å²) in [7, 11) is 1.48. The molecule has 0 aliphatic heterocycles. The first kappa shape index (κ1) is 19.9. The molecule has 3 aromatic rings. The second-order valence-corrected chi connectivity index (χ2v) is 6.33. The normalized spacial score (nSPS) is 10.4. The lowest BCUT2D eigenvalue weighted by molar-refractivity contribution is -0.133. The molecule has 0 N–H and O–H groups in total. The van der Waals surface area contributed by atoms with Gasteiger partial charge in [-0.25, -0.2) is 9.18 Å². The van der Waals surface area contributed by atoms with Gasteiger partial charge in [0.1, 0.15) is 28.8 Å². The molecule has 1 aromatic carbocycles. The number of carbonyl (C=O) groups is 2. The highest BCUT2D eigenvalue weighted by Gasteiger charge is 2.26. The van der Waals surface area contributed by atoms with Gasteiger partial charge in [0.15, 0.2) is 6.61 Å². The van der Waals surface area contributed by atoms with Gasteiger partial charge in [0.2, 0.25) is 5.88 Å². The third-order valence-electron chi connectivity index (χ3n) is 4.34. The zero-order valence-corrected chi connectivity index (χ0v) is 15.9. The SMILES string of the molecule is Cc1oc(-n2cccc2)c(C#N)c1C(=O)OCC(=O)N(C)Cc1ccccc1F. The second-order valence-electron chi connectivity index (χ2n) is 6.33. The Morgan fingerprint density at radius 2 is 1.93 bits per heavy atom. The van der Waals surface area contributed by atoms with Gasteiger partial charge >= 0.3 is 5.97 Å². The number of carbonyl (C=O) groups excluding carboxylic acids is 2. The Balaban J connectivity index is 1.69. The number of esters is 1. The molecule has 0 aliphatic rings. The van der Waals surface area contributed by atoms with E-state index in [1.807, 2.05) is 6.07 Å². The van der Waals surface area contributed by atoms with Gasteiger partial charge in [-0.05, 0) is 25.1 Å². The third kappa shape index (κ3) is 4.19.